The van der Waals surface area contributed by atoms with Crippen LogP contribution in [0.25, 0.3) is 11.5 Å². The van der Waals surface area contributed by atoms with Gasteiger partial charge in [0.2, 0.25) is 12.6 Å². The highest BCUT2D eigenvalue weighted by Gasteiger charge is 2.23. The summed E-state index contributed by atoms with van der Waals surface area (Å²) >= 11 is 0. The average Bonchev–Trinajstić information content (AvgIpc) is 3.16. The molecule has 1 saturated heterocycles. The molecule has 7 heteroatoms. The first-order valence-electron chi connectivity index (χ1n) is 6.46. The van der Waals surface area contributed by atoms with Gasteiger partial charge in [-0.15, -0.1) is 0 Å². The topological polar surface area (TPSA) is 78.6 Å². The molecule has 1 unspecified atom stereocenters. The second-order valence-corrected chi connectivity index (χ2v) is 4.59. The maximum absolute atomic E-state index is 5.60. The second kappa shape index (κ2) is 4.77. The van der Waals surface area contributed by atoms with E-state index in [1.165, 1.54) is 0 Å². The van der Waals surface area contributed by atoms with Crippen molar-refractivity contribution in [2.24, 2.45) is 0 Å². The lowest BCUT2D eigenvalue weighted by atomic mass is 10.2. The Hall–Kier alpha value is -2.12. The van der Waals surface area contributed by atoms with E-state index in [1.54, 1.807) is 0 Å². The number of nitrogens with zero attached hydrogens (tertiary/aromatic N) is 2. The zero-order valence-corrected chi connectivity index (χ0v) is 10.7. The third-order valence-electron chi connectivity index (χ3n) is 3.28. The third kappa shape index (κ3) is 2.00. The van der Waals surface area contributed by atoms with Crippen molar-refractivity contribution in [1.82, 2.24) is 15.5 Å². The molecule has 20 heavy (non-hydrogen) atoms. The Labute approximate surface area is 114 Å². The van der Waals surface area contributed by atoms with Crippen LogP contribution in [-0.4, -0.2) is 36.6 Å². The van der Waals surface area contributed by atoms with Gasteiger partial charge in [-0.25, -0.2) is 0 Å². The van der Waals surface area contributed by atoms with Crippen LogP contribution in [0.1, 0.15) is 11.9 Å². The summed E-state index contributed by atoms with van der Waals surface area (Å²) in [5.41, 5.74) is 0.803. The van der Waals surface area contributed by atoms with Crippen LogP contribution in [-0.2, 0) is 4.74 Å². The molecule has 0 spiro atoms. The minimum Gasteiger partial charge on any atom is -0.454 e. The fourth-order valence-corrected chi connectivity index (χ4v) is 2.24. The Kier molecular flexibility index (Phi) is 2.79. The molecule has 1 aromatic carbocycles. The number of fused-ring (bicyclic) bond motifs is 1. The molecule has 1 N–H and O–H groups in total. The van der Waals surface area contributed by atoms with Crippen molar-refractivity contribution in [2.75, 3.05) is 26.5 Å². The van der Waals surface area contributed by atoms with Crippen LogP contribution in [0.15, 0.2) is 22.7 Å². The molecule has 4 rings (SSSR count). The first-order chi connectivity index (χ1) is 9.90. The van der Waals surface area contributed by atoms with E-state index in [2.05, 4.69) is 15.5 Å². The van der Waals surface area contributed by atoms with E-state index < -0.39 is 0 Å². The molecule has 2 aliphatic heterocycles. The highest BCUT2D eigenvalue weighted by atomic mass is 16.7. The number of aromatic nitrogens is 2. The maximum atomic E-state index is 5.60. The number of morpholine rings is 1. The standard InChI is InChI=1S/C13H13N3O4/c1-2-9-10(19-7-18-9)5-8(1)13-15-12(16-20-13)11-6-14-3-4-17-11/h1-2,5,11,14H,3-4,6-7H2. The molecule has 0 aliphatic carbocycles. The minimum atomic E-state index is -0.157. The number of hydrogen-bond acceptors (Lipinski definition) is 7. The molecule has 1 fully saturated rings. The van der Waals surface area contributed by atoms with Gasteiger partial charge in [0.05, 0.1) is 6.61 Å². The van der Waals surface area contributed by atoms with E-state index in [0.29, 0.717) is 30.6 Å². The van der Waals surface area contributed by atoms with Gasteiger partial charge in [0.15, 0.2) is 11.5 Å². The first-order valence-corrected chi connectivity index (χ1v) is 6.46. The predicted octanol–water partition coefficient (Wildman–Crippen LogP) is 1.13. The van der Waals surface area contributed by atoms with E-state index >= 15 is 0 Å². The highest BCUT2D eigenvalue weighted by Crippen LogP contribution is 2.35. The molecule has 1 aromatic heterocycles. The van der Waals surface area contributed by atoms with E-state index in [0.717, 1.165) is 17.9 Å². The predicted molar refractivity (Wildman–Crippen MR) is 67.4 cm³/mol. The minimum absolute atomic E-state index is 0.157. The highest BCUT2D eigenvalue weighted by molar-refractivity contribution is 5.60. The SMILES string of the molecule is c1cc2c(cc1-c1nc(C3CNCCO3)no1)OCO2. The van der Waals surface area contributed by atoms with Gasteiger partial charge in [0.1, 0.15) is 6.10 Å². The van der Waals surface area contributed by atoms with Crippen LogP contribution in [0.2, 0.25) is 0 Å². The molecule has 0 saturated carbocycles. The van der Waals surface area contributed by atoms with Crippen molar-refractivity contribution >= 4 is 0 Å². The molecule has 2 aliphatic rings. The summed E-state index contributed by atoms with van der Waals surface area (Å²) < 4.78 is 21.5. The smallest absolute Gasteiger partial charge is 0.258 e. The van der Waals surface area contributed by atoms with Crippen LogP contribution in [0.3, 0.4) is 0 Å². The van der Waals surface area contributed by atoms with Gasteiger partial charge in [0.25, 0.3) is 5.89 Å². The second-order valence-electron chi connectivity index (χ2n) is 4.59. The Bertz CT molecular complexity index is 622. The first kappa shape index (κ1) is 11.7. The van der Waals surface area contributed by atoms with Crippen LogP contribution >= 0.6 is 0 Å². The van der Waals surface area contributed by atoms with Crippen molar-refractivity contribution in [3.8, 4) is 23.0 Å². The van der Waals surface area contributed by atoms with Crippen LogP contribution < -0.4 is 14.8 Å². The van der Waals surface area contributed by atoms with Crippen molar-refractivity contribution in [1.29, 1.82) is 0 Å². The zero-order valence-electron chi connectivity index (χ0n) is 10.7. The van der Waals surface area contributed by atoms with Crippen molar-refractivity contribution in [2.45, 2.75) is 6.10 Å². The normalized spacial score (nSPS) is 21.1. The lowest BCUT2D eigenvalue weighted by Crippen LogP contribution is -2.33. The largest absolute Gasteiger partial charge is 0.454 e. The molecule has 3 heterocycles. The monoisotopic (exact) mass is 275 g/mol. The van der Waals surface area contributed by atoms with Crippen LogP contribution in [0.4, 0.5) is 0 Å². The molecular formula is C13H13N3O4. The molecule has 1 atom stereocenters. The van der Waals surface area contributed by atoms with Crippen LogP contribution in [0.5, 0.6) is 11.5 Å². The Balaban J connectivity index is 1.61. The summed E-state index contributed by atoms with van der Waals surface area (Å²) in [7, 11) is 0. The fourth-order valence-electron chi connectivity index (χ4n) is 2.24. The lowest BCUT2D eigenvalue weighted by molar-refractivity contribution is 0.0208. The van der Waals surface area contributed by atoms with E-state index in [9.17, 15) is 0 Å². The summed E-state index contributed by atoms with van der Waals surface area (Å²) in [6, 6.07) is 5.53. The maximum Gasteiger partial charge on any atom is 0.258 e. The average molecular weight is 275 g/mol. The quantitative estimate of drug-likeness (QED) is 0.880. The summed E-state index contributed by atoms with van der Waals surface area (Å²) in [6.07, 6.45) is -0.157. The van der Waals surface area contributed by atoms with Gasteiger partial charge in [-0.2, -0.15) is 4.98 Å². The summed E-state index contributed by atoms with van der Waals surface area (Å²) in [5.74, 6) is 2.43. The number of benzene rings is 1. The van der Waals surface area contributed by atoms with Gasteiger partial charge in [-0.3, -0.25) is 0 Å². The zero-order chi connectivity index (χ0) is 13.4. The van der Waals surface area contributed by atoms with E-state index in [1.807, 2.05) is 18.2 Å². The van der Waals surface area contributed by atoms with E-state index in [-0.39, 0.29) is 12.9 Å². The Morgan fingerprint density at radius 1 is 1.20 bits per heavy atom. The number of ether oxygens (including phenoxy) is 3. The molecule has 2 aromatic rings. The van der Waals surface area contributed by atoms with Gasteiger partial charge in [-0.1, -0.05) is 5.16 Å². The van der Waals surface area contributed by atoms with Gasteiger partial charge < -0.3 is 24.1 Å². The third-order valence-corrected chi connectivity index (χ3v) is 3.28. The number of hydrogen-bond donors (Lipinski definition) is 1. The fraction of sp³-hybridized carbons (Fsp3) is 0.385. The summed E-state index contributed by atoms with van der Waals surface area (Å²) in [5, 5.41) is 7.22. The molecule has 0 bridgehead atoms. The van der Waals surface area contributed by atoms with Crippen molar-refractivity contribution < 1.29 is 18.7 Å². The van der Waals surface area contributed by atoms with Gasteiger partial charge >= 0.3 is 0 Å². The summed E-state index contributed by atoms with van der Waals surface area (Å²) in [6.45, 7) is 2.44. The van der Waals surface area contributed by atoms with Gasteiger partial charge in [-0.05, 0) is 18.2 Å². The Morgan fingerprint density at radius 3 is 3.05 bits per heavy atom. The molecule has 0 amide bonds. The molecule has 0 radical (unpaired) electrons. The lowest BCUT2D eigenvalue weighted by Gasteiger charge is -2.20. The molecule has 104 valence electrons. The van der Waals surface area contributed by atoms with E-state index in [4.69, 9.17) is 18.7 Å². The molecular weight excluding hydrogens is 262 g/mol. The van der Waals surface area contributed by atoms with Gasteiger partial charge in [0, 0.05) is 18.7 Å². The summed E-state index contributed by atoms with van der Waals surface area (Å²) in [4.78, 5) is 4.39. The Morgan fingerprint density at radius 2 is 2.15 bits per heavy atom. The van der Waals surface area contributed by atoms with Crippen molar-refractivity contribution in [3.05, 3.63) is 24.0 Å². The van der Waals surface area contributed by atoms with Crippen molar-refractivity contribution in [3.63, 3.8) is 0 Å². The number of rotatable bonds is 2. The molecule has 7 nitrogen and oxygen atoms in total. The number of nitrogens with one attached hydrogen (secondary N) is 1. The van der Waals surface area contributed by atoms with Crippen LogP contribution in [0, 0.1) is 0 Å².